The van der Waals surface area contributed by atoms with Crippen LogP contribution in [-0.2, 0) is 13.1 Å². The monoisotopic (exact) mass is 415 g/mol. The number of aromatic nitrogens is 3. The molecule has 0 aliphatic carbocycles. The predicted octanol–water partition coefficient (Wildman–Crippen LogP) is 3.47. The van der Waals surface area contributed by atoms with Gasteiger partial charge in [0, 0.05) is 28.9 Å². The molecule has 5 rings (SSSR count). The number of aryl methyl sites for hydroxylation is 1. The smallest absolute Gasteiger partial charge is 0.231 e. The lowest BCUT2D eigenvalue weighted by Gasteiger charge is -2.11. The maximum absolute atomic E-state index is 13.1. The molecule has 7 nitrogen and oxygen atoms in total. The van der Waals surface area contributed by atoms with E-state index in [0.29, 0.717) is 23.0 Å². The Labute approximate surface area is 178 Å². The first-order valence-electron chi connectivity index (χ1n) is 10.0. The summed E-state index contributed by atoms with van der Waals surface area (Å²) in [5, 5.41) is 4.74. The Morgan fingerprint density at radius 2 is 1.87 bits per heavy atom. The van der Waals surface area contributed by atoms with Crippen LogP contribution in [0.4, 0.5) is 0 Å². The van der Waals surface area contributed by atoms with Crippen LogP contribution in [0, 0.1) is 13.8 Å². The number of ketones is 1. The van der Waals surface area contributed by atoms with Crippen LogP contribution in [0.3, 0.4) is 0 Å². The maximum atomic E-state index is 13.1. The SMILES string of the molecule is Cc1cc(C(=O)Cn2ncc(=O)c3ccccc32)c(C)n1Cc1ccc2c(c1)OCO2. The Balaban J connectivity index is 1.43. The molecule has 0 atom stereocenters. The van der Waals surface area contributed by atoms with Crippen molar-refractivity contribution in [2.24, 2.45) is 0 Å². The van der Waals surface area contributed by atoms with Gasteiger partial charge >= 0.3 is 0 Å². The van der Waals surface area contributed by atoms with E-state index in [4.69, 9.17) is 9.47 Å². The highest BCUT2D eigenvalue weighted by Gasteiger charge is 2.19. The summed E-state index contributed by atoms with van der Waals surface area (Å²) in [6.07, 6.45) is 1.26. The fourth-order valence-electron chi connectivity index (χ4n) is 4.06. The number of fused-ring (bicyclic) bond motifs is 2. The van der Waals surface area contributed by atoms with Crippen molar-refractivity contribution in [3.8, 4) is 11.5 Å². The lowest BCUT2D eigenvalue weighted by molar-refractivity contribution is 0.0968. The number of carbonyl (C=O) groups is 1. The lowest BCUT2D eigenvalue weighted by Crippen LogP contribution is -2.18. The van der Waals surface area contributed by atoms with Gasteiger partial charge in [0.05, 0.1) is 11.7 Å². The first-order valence-corrected chi connectivity index (χ1v) is 10.0. The third kappa shape index (κ3) is 3.38. The summed E-state index contributed by atoms with van der Waals surface area (Å²) in [5.41, 5.74) is 4.11. The third-order valence-corrected chi connectivity index (χ3v) is 5.71. The molecule has 7 heteroatoms. The van der Waals surface area contributed by atoms with Gasteiger partial charge in [0.2, 0.25) is 12.2 Å². The summed E-state index contributed by atoms with van der Waals surface area (Å²) >= 11 is 0. The first-order chi connectivity index (χ1) is 15.0. The molecule has 1 aliphatic rings. The van der Waals surface area contributed by atoms with E-state index in [1.807, 2.05) is 44.2 Å². The summed E-state index contributed by atoms with van der Waals surface area (Å²) in [6.45, 7) is 4.87. The fourth-order valence-corrected chi connectivity index (χ4v) is 4.06. The second kappa shape index (κ2) is 7.43. The quantitative estimate of drug-likeness (QED) is 0.467. The van der Waals surface area contributed by atoms with Crippen molar-refractivity contribution in [3.05, 3.63) is 87.5 Å². The van der Waals surface area contributed by atoms with E-state index in [1.165, 1.54) is 6.20 Å². The van der Waals surface area contributed by atoms with Crippen molar-refractivity contribution in [2.45, 2.75) is 26.9 Å². The van der Waals surface area contributed by atoms with Gasteiger partial charge in [-0.2, -0.15) is 5.10 Å². The van der Waals surface area contributed by atoms with Crippen LogP contribution in [0.5, 0.6) is 11.5 Å². The van der Waals surface area contributed by atoms with Gasteiger partial charge in [0.25, 0.3) is 0 Å². The minimum atomic E-state index is -0.152. The van der Waals surface area contributed by atoms with Gasteiger partial charge in [-0.1, -0.05) is 18.2 Å². The zero-order valence-electron chi connectivity index (χ0n) is 17.3. The summed E-state index contributed by atoms with van der Waals surface area (Å²) in [4.78, 5) is 25.2. The van der Waals surface area contributed by atoms with E-state index in [2.05, 4.69) is 9.67 Å². The Morgan fingerprint density at radius 3 is 2.74 bits per heavy atom. The number of benzene rings is 2. The van der Waals surface area contributed by atoms with Crippen LogP contribution in [0.1, 0.15) is 27.3 Å². The molecular weight excluding hydrogens is 394 g/mol. The van der Waals surface area contributed by atoms with Crippen molar-refractivity contribution >= 4 is 16.7 Å². The van der Waals surface area contributed by atoms with Gasteiger partial charge in [-0.3, -0.25) is 14.3 Å². The average molecular weight is 415 g/mol. The second-order valence-electron chi connectivity index (χ2n) is 7.67. The van der Waals surface area contributed by atoms with E-state index >= 15 is 0 Å². The van der Waals surface area contributed by atoms with E-state index in [1.54, 1.807) is 22.9 Å². The lowest BCUT2D eigenvalue weighted by atomic mass is 10.1. The minimum absolute atomic E-state index is 0.0497. The molecule has 4 aromatic rings. The summed E-state index contributed by atoms with van der Waals surface area (Å²) < 4.78 is 14.6. The number of hydrogen-bond acceptors (Lipinski definition) is 5. The Kier molecular flexibility index (Phi) is 4.58. The molecule has 1 aliphatic heterocycles. The number of hydrogen-bond donors (Lipinski definition) is 0. The van der Waals surface area contributed by atoms with Crippen LogP contribution < -0.4 is 14.9 Å². The number of carbonyl (C=O) groups excluding carboxylic acids is 1. The van der Waals surface area contributed by atoms with E-state index in [0.717, 1.165) is 28.5 Å². The highest BCUT2D eigenvalue weighted by molar-refractivity contribution is 5.98. The standard InChI is InChI=1S/C24H21N3O4/c1-15-9-19(16(2)26(15)12-17-7-8-23-24(10-17)31-14-30-23)22(29)13-27-20-6-4-3-5-18(20)21(28)11-25-27/h3-11H,12-14H2,1-2H3. The van der Waals surface area contributed by atoms with Crippen LogP contribution in [0.15, 0.2) is 59.5 Å². The average Bonchev–Trinajstić information content (AvgIpc) is 3.35. The molecule has 0 radical (unpaired) electrons. The largest absolute Gasteiger partial charge is 0.454 e. The number of para-hydroxylation sites is 1. The zero-order valence-corrected chi connectivity index (χ0v) is 17.3. The van der Waals surface area contributed by atoms with Gasteiger partial charge < -0.3 is 14.0 Å². The van der Waals surface area contributed by atoms with Crippen molar-refractivity contribution in [1.29, 1.82) is 0 Å². The van der Waals surface area contributed by atoms with Gasteiger partial charge in [-0.05, 0) is 49.7 Å². The van der Waals surface area contributed by atoms with Crippen molar-refractivity contribution in [3.63, 3.8) is 0 Å². The number of ether oxygens (including phenoxy) is 2. The number of rotatable bonds is 5. The molecule has 2 aromatic heterocycles. The van der Waals surface area contributed by atoms with Crippen molar-refractivity contribution in [1.82, 2.24) is 14.3 Å². The highest BCUT2D eigenvalue weighted by Crippen LogP contribution is 2.33. The molecule has 0 unspecified atom stereocenters. The predicted molar refractivity (Wildman–Crippen MR) is 116 cm³/mol. The Morgan fingerprint density at radius 1 is 1.06 bits per heavy atom. The van der Waals surface area contributed by atoms with Crippen molar-refractivity contribution < 1.29 is 14.3 Å². The molecule has 0 saturated carbocycles. The van der Waals surface area contributed by atoms with E-state index < -0.39 is 0 Å². The molecule has 31 heavy (non-hydrogen) atoms. The first kappa shape index (κ1) is 19.1. The van der Waals surface area contributed by atoms with Crippen LogP contribution in [0.2, 0.25) is 0 Å². The fraction of sp³-hybridized carbons (Fsp3) is 0.208. The van der Waals surface area contributed by atoms with Crippen LogP contribution >= 0.6 is 0 Å². The highest BCUT2D eigenvalue weighted by atomic mass is 16.7. The maximum Gasteiger partial charge on any atom is 0.231 e. The van der Waals surface area contributed by atoms with Crippen LogP contribution in [0.25, 0.3) is 10.9 Å². The number of nitrogens with zero attached hydrogens (tertiary/aromatic N) is 3. The van der Waals surface area contributed by atoms with Crippen molar-refractivity contribution in [2.75, 3.05) is 6.79 Å². The van der Waals surface area contributed by atoms with Gasteiger partial charge in [-0.25, -0.2) is 0 Å². The zero-order chi connectivity index (χ0) is 21.5. The number of Topliss-reactive ketones (excluding diaryl/α,β-unsaturated/α-hetero) is 1. The molecule has 3 heterocycles. The molecule has 0 fully saturated rings. The third-order valence-electron chi connectivity index (χ3n) is 5.71. The van der Waals surface area contributed by atoms with Gasteiger partial charge in [0.15, 0.2) is 17.3 Å². The molecular formula is C24H21N3O4. The van der Waals surface area contributed by atoms with E-state index in [-0.39, 0.29) is 24.5 Å². The molecule has 0 amide bonds. The Bertz CT molecular complexity index is 1380. The molecule has 2 aromatic carbocycles. The summed E-state index contributed by atoms with van der Waals surface area (Å²) in [5.74, 6) is 1.44. The molecule has 0 N–H and O–H groups in total. The molecule has 0 spiro atoms. The topological polar surface area (TPSA) is 75.4 Å². The van der Waals surface area contributed by atoms with Gasteiger partial charge in [-0.15, -0.1) is 0 Å². The molecule has 0 bridgehead atoms. The van der Waals surface area contributed by atoms with Crippen LogP contribution in [-0.4, -0.2) is 26.9 Å². The second-order valence-corrected chi connectivity index (χ2v) is 7.67. The van der Waals surface area contributed by atoms with Gasteiger partial charge in [0.1, 0.15) is 6.54 Å². The minimum Gasteiger partial charge on any atom is -0.454 e. The van der Waals surface area contributed by atoms with E-state index in [9.17, 15) is 9.59 Å². The Hall–Kier alpha value is -3.87. The normalized spacial score (nSPS) is 12.5. The molecule has 156 valence electrons. The summed E-state index contributed by atoms with van der Waals surface area (Å²) in [7, 11) is 0. The molecule has 0 saturated heterocycles. The summed E-state index contributed by atoms with van der Waals surface area (Å²) in [6, 6.07) is 15.0.